The van der Waals surface area contributed by atoms with Crippen molar-refractivity contribution in [1.82, 2.24) is 10.2 Å². The molecule has 1 aromatic carbocycles. The molecule has 0 aliphatic rings. The molecule has 1 aromatic heterocycles. The highest BCUT2D eigenvalue weighted by Gasteiger charge is 2.09. The van der Waals surface area contributed by atoms with Gasteiger partial charge in [0.15, 0.2) is 5.82 Å². The maximum absolute atomic E-state index is 11.9. The molecule has 0 aliphatic carbocycles. The summed E-state index contributed by atoms with van der Waals surface area (Å²) in [5, 5.41) is 9.82. The largest absolute Gasteiger partial charge is 0.309 e. The van der Waals surface area contributed by atoms with Crippen molar-refractivity contribution < 1.29 is 4.79 Å². The maximum Gasteiger partial charge on any atom is 0.230 e. The minimum absolute atomic E-state index is 0.0453. The van der Waals surface area contributed by atoms with Gasteiger partial charge in [-0.25, -0.2) is 0 Å². The number of rotatable bonds is 4. The van der Waals surface area contributed by atoms with Crippen LogP contribution in [-0.2, 0) is 11.2 Å². The number of benzene rings is 1. The number of H-pyrrole nitrogens is 1. The first-order valence-electron chi connectivity index (χ1n) is 6.46. The van der Waals surface area contributed by atoms with E-state index in [1.165, 1.54) is 0 Å². The molecule has 0 fully saturated rings. The fourth-order valence-electron chi connectivity index (χ4n) is 1.86. The van der Waals surface area contributed by atoms with Gasteiger partial charge < -0.3 is 5.32 Å². The molecule has 100 valence electrons. The Morgan fingerprint density at radius 3 is 2.74 bits per heavy atom. The van der Waals surface area contributed by atoms with Gasteiger partial charge in [-0.1, -0.05) is 38.1 Å². The summed E-state index contributed by atoms with van der Waals surface area (Å²) in [4.78, 5) is 11.9. The molecule has 0 aliphatic heterocycles. The molecule has 1 amide bonds. The lowest BCUT2D eigenvalue weighted by Crippen LogP contribution is -2.15. The van der Waals surface area contributed by atoms with Gasteiger partial charge in [-0.2, -0.15) is 5.10 Å². The van der Waals surface area contributed by atoms with Crippen LogP contribution >= 0.6 is 0 Å². The number of amides is 1. The third-order valence-electron chi connectivity index (χ3n) is 3.10. The number of carbonyl (C=O) groups excluding carboxylic acids is 1. The molecule has 0 spiro atoms. The number of aryl methyl sites for hydroxylation is 1. The quantitative estimate of drug-likeness (QED) is 0.884. The lowest BCUT2D eigenvalue weighted by atomic mass is 10.1. The van der Waals surface area contributed by atoms with E-state index in [-0.39, 0.29) is 5.91 Å². The second-order valence-electron chi connectivity index (χ2n) is 5.01. The third kappa shape index (κ3) is 3.44. The number of aromatic amines is 1. The highest BCUT2D eigenvalue weighted by Crippen LogP contribution is 2.15. The monoisotopic (exact) mass is 257 g/mol. The Kier molecular flexibility index (Phi) is 4.00. The molecule has 4 nitrogen and oxygen atoms in total. The Morgan fingerprint density at radius 2 is 2.11 bits per heavy atom. The van der Waals surface area contributed by atoms with Crippen LogP contribution in [0, 0.1) is 6.92 Å². The van der Waals surface area contributed by atoms with E-state index < -0.39 is 0 Å². The van der Waals surface area contributed by atoms with Gasteiger partial charge in [-0.15, -0.1) is 0 Å². The van der Waals surface area contributed by atoms with Gasteiger partial charge in [-0.3, -0.25) is 9.89 Å². The van der Waals surface area contributed by atoms with E-state index in [1.54, 1.807) is 0 Å². The van der Waals surface area contributed by atoms with Crippen LogP contribution in [0.2, 0.25) is 0 Å². The Morgan fingerprint density at radius 1 is 1.37 bits per heavy atom. The molecule has 4 heteroatoms. The average molecular weight is 257 g/mol. The third-order valence-corrected chi connectivity index (χ3v) is 3.10. The summed E-state index contributed by atoms with van der Waals surface area (Å²) >= 11 is 0. The smallest absolute Gasteiger partial charge is 0.230 e. The summed E-state index contributed by atoms with van der Waals surface area (Å²) < 4.78 is 0. The standard InChI is InChI=1S/C15H19N3O/c1-10(2)13-9-14(18-17-13)16-15(19)8-12-7-5-4-6-11(12)3/h4-7,9-10H,8H2,1-3H3,(H2,16,17,18,19). The van der Waals surface area contributed by atoms with E-state index in [0.29, 0.717) is 18.2 Å². The van der Waals surface area contributed by atoms with Crippen molar-refractivity contribution in [1.29, 1.82) is 0 Å². The van der Waals surface area contributed by atoms with Gasteiger partial charge in [0.2, 0.25) is 5.91 Å². The number of aromatic nitrogens is 2. The van der Waals surface area contributed by atoms with Crippen LogP contribution in [0.15, 0.2) is 30.3 Å². The van der Waals surface area contributed by atoms with E-state index in [0.717, 1.165) is 16.8 Å². The number of hydrogen-bond donors (Lipinski definition) is 2. The van der Waals surface area contributed by atoms with E-state index in [4.69, 9.17) is 0 Å². The van der Waals surface area contributed by atoms with Crippen molar-refractivity contribution in [2.75, 3.05) is 5.32 Å². The lowest BCUT2D eigenvalue weighted by Gasteiger charge is -2.05. The first-order chi connectivity index (χ1) is 9.06. The summed E-state index contributed by atoms with van der Waals surface area (Å²) in [6.45, 7) is 6.16. The highest BCUT2D eigenvalue weighted by atomic mass is 16.1. The summed E-state index contributed by atoms with van der Waals surface area (Å²) in [6.07, 6.45) is 0.372. The van der Waals surface area contributed by atoms with E-state index in [1.807, 2.05) is 37.3 Å². The van der Waals surface area contributed by atoms with Crippen LogP contribution in [0.1, 0.15) is 36.6 Å². The van der Waals surface area contributed by atoms with Gasteiger partial charge in [0, 0.05) is 11.8 Å². The summed E-state index contributed by atoms with van der Waals surface area (Å²) in [7, 11) is 0. The van der Waals surface area contributed by atoms with Crippen molar-refractivity contribution in [2.24, 2.45) is 0 Å². The van der Waals surface area contributed by atoms with Crippen LogP contribution in [0.3, 0.4) is 0 Å². The molecule has 0 unspecified atom stereocenters. The van der Waals surface area contributed by atoms with Crippen LogP contribution in [0.4, 0.5) is 5.82 Å². The number of anilines is 1. The molecule has 0 radical (unpaired) electrons. The molecule has 2 rings (SSSR count). The van der Waals surface area contributed by atoms with Crippen molar-refractivity contribution >= 4 is 11.7 Å². The molecule has 19 heavy (non-hydrogen) atoms. The fourth-order valence-corrected chi connectivity index (χ4v) is 1.86. The normalized spacial score (nSPS) is 10.7. The zero-order valence-corrected chi connectivity index (χ0v) is 11.5. The minimum atomic E-state index is -0.0453. The molecule has 2 N–H and O–H groups in total. The molecule has 0 bridgehead atoms. The predicted octanol–water partition coefficient (Wildman–Crippen LogP) is 3.02. The predicted molar refractivity (Wildman–Crippen MR) is 76.2 cm³/mol. The molecule has 1 heterocycles. The highest BCUT2D eigenvalue weighted by molar-refractivity contribution is 5.91. The lowest BCUT2D eigenvalue weighted by molar-refractivity contribution is -0.115. The van der Waals surface area contributed by atoms with Gasteiger partial charge in [0.25, 0.3) is 0 Å². The van der Waals surface area contributed by atoms with Gasteiger partial charge in [-0.05, 0) is 24.0 Å². The summed E-state index contributed by atoms with van der Waals surface area (Å²) in [5.74, 6) is 0.910. The van der Waals surface area contributed by atoms with Crippen molar-refractivity contribution in [3.8, 4) is 0 Å². The topological polar surface area (TPSA) is 57.8 Å². The Bertz CT molecular complexity index is 572. The minimum Gasteiger partial charge on any atom is -0.309 e. The van der Waals surface area contributed by atoms with Crippen molar-refractivity contribution in [2.45, 2.75) is 33.1 Å². The first-order valence-corrected chi connectivity index (χ1v) is 6.46. The number of carbonyl (C=O) groups is 1. The van der Waals surface area contributed by atoms with Crippen LogP contribution in [-0.4, -0.2) is 16.1 Å². The Labute approximate surface area is 113 Å². The fraction of sp³-hybridized carbons (Fsp3) is 0.333. The van der Waals surface area contributed by atoms with E-state index in [2.05, 4.69) is 29.4 Å². The Hall–Kier alpha value is -2.10. The van der Waals surface area contributed by atoms with Crippen molar-refractivity contribution in [3.63, 3.8) is 0 Å². The number of hydrogen-bond acceptors (Lipinski definition) is 2. The summed E-state index contributed by atoms with van der Waals surface area (Å²) in [6, 6.07) is 9.77. The molecule has 0 saturated carbocycles. The van der Waals surface area contributed by atoms with Crippen molar-refractivity contribution in [3.05, 3.63) is 47.2 Å². The molecule has 0 atom stereocenters. The zero-order chi connectivity index (χ0) is 13.8. The van der Waals surface area contributed by atoms with Crippen LogP contribution in [0.5, 0.6) is 0 Å². The van der Waals surface area contributed by atoms with Gasteiger partial charge in [0.1, 0.15) is 0 Å². The first kappa shape index (κ1) is 13.3. The second kappa shape index (κ2) is 5.69. The number of nitrogens with one attached hydrogen (secondary N) is 2. The average Bonchev–Trinajstić information content (AvgIpc) is 2.80. The molecular formula is C15H19N3O. The second-order valence-corrected chi connectivity index (χ2v) is 5.01. The Balaban J connectivity index is 1.99. The molecular weight excluding hydrogens is 238 g/mol. The summed E-state index contributed by atoms with van der Waals surface area (Å²) in [5.41, 5.74) is 3.19. The SMILES string of the molecule is Cc1ccccc1CC(=O)Nc1cc(C(C)C)[nH]n1. The zero-order valence-electron chi connectivity index (χ0n) is 11.5. The van der Waals surface area contributed by atoms with Gasteiger partial charge >= 0.3 is 0 Å². The molecule has 2 aromatic rings. The van der Waals surface area contributed by atoms with E-state index in [9.17, 15) is 4.79 Å². The van der Waals surface area contributed by atoms with Crippen LogP contribution < -0.4 is 5.32 Å². The van der Waals surface area contributed by atoms with Gasteiger partial charge in [0.05, 0.1) is 6.42 Å². The van der Waals surface area contributed by atoms with E-state index >= 15 is 0 Å². The number of nitrogens with zero attached hydrogens (tertiary/aromatic N) is 1. The maximum atomic E-state index is 11.9. The molecule has 0 saturated heterocycles. The van der Waals surface area contributed by atoms with Crippen LogP contribution in [0.25, 0.3) is 0 Å².